The van der Waals surface area contributed by atoms with E-state index >= 15 is 0 Å². The highest BCUT2D eigenvalue weighted by molar-refractivity contribution is 7.98. The van der Waals surface area contributed by atoms with Gasteiger partial charge in [0.05, 0.1) is 11.8 Å². The number of nitrogens with zero attached hydrogens (tertiary/aromatic N) is 1. The van der Waals surface area contributed by atoms with Crippen LogP contribution in [0.1, 0.15) is 32.6 Å². The first-order valence-electron chi connectivity index (χ1n) is 7.09. The number of likely N-dealkylation sites (tertiary alicyclic amines) is 1. The van der Waals surface area contributed by atoms with Crippen LogP contribution in [0.25, 0.3) is 0 Å². The number of amides is 2. The summed E-state index contributed by atoms with van der Waals surface area (Å²) in [7, 11) is 0. The number of imide groups is 1. The lowest BCUT2D eigenvalue weighted by atomic mass is 10.00. The first-order chi connectivity index (χ1) is 9.51. The van der Waals surface area contributed by atoms with E-state index in [4.69, 9.17) is 0 Å². The van der Waals surface area contributed by atoms with Crippen molar-refractivity contribution in [3.8, 4) is 0 Å². The highest BCUT2D eigenvalue weighted by Gasteiger charge is 2.54. The quantitative estimate of drug-likeness (QED) is 0.754. The van der Waals surface area contributed by atoms with E-state index in [0.717, 1.165) is 24.2 Å². The fourth-order valence-corrected chi connectivity index (χ4v) is 3.85. The standard InChI is InChI=1S/C14H21NO4S/c1-3-8-6-9-10(7-8)13(17)15(12(9)16)11(14(18)19)4-5-20-2/h8-11H,3-7H2,1-2H3,(H,18,19). The molecule has 2 amide bonds. The third-order valence-corrected chi connectivity index (χ3v) is 5.18. The van der Waals surface area contributed by atoms with Crippen molar-refractivity contribution < 1.29 is 19.5 Å². The molecule has 112 valence electrons. The van der Waals surface area contributed by atoms with Crippen LogP contribution in [0.2, 0.25) is 0 Å². The van der Waals surface area contributed by atoms with Crippen LogP contribution in [0.15, 0.2) is 0 Å². The molecule has 6 heteroatoms. The predicted octanol–water partition coefficient (Wildman–Crippen LogP) is 1.61. The Morgan fingerprint density at radius 2 is 1.90 bits per heavy atom. The Labute approximate surface area is 123 Å². The van der Waals surface area contributed by atoms with Gasteiger partial charge in [-0.25, -0.2) is 4.79 Å². The molecule has 5 nitrogen and oxygen atoms in total. The van der Waals surface area contributed by atoms with E-state index in [2.05, 4.69) is 6.92 Å². The van der Waals surface area contributed by atoms with Crippen molar-refractivity contribution >= 4 is 29.5 Å². The van der Waals surface area contributed by atoms with Gasteiger partial charge in [0.2, 0.25) is 11.8 Å². The Kier molecular flexibility index (Phi) is 4.73. The van der Waals surface area contributed by atoms with Crippen LogP contribution in [-0.2, 0) is 14.4 Å². The van der Waals surface area contributed by atoms with E-state index in [9.17, 15) is 19.5 Å². The van der Waals surface area contributed by atoms with Crippen LogP contribution in [0.4, 0.5) is 0 Å². The molecule has 20 heavy (non-hydrogen) atoms. The summed E-state index contributed by atoms with van der Waals surface area (Å²) in [6, 6.07) is -0.992. The lowest BCUT2D eigenvalue weighted by Crippen LogP contribution is -2.46. The molecule has 1 aliphatic heterocycles. The molecule has 0 aromatic carbocycles. The van der Waals surface area contributed by atoms with Gasteiger partial charge in [-0.15, -0.1) is 0 Å². The van der Waals surface area contributed by atoms with Crippen molar-refractivity contribution in [1.29, 1.82) is 0 Å². The van der Waals surface area contributed by atoms with Crippen molar-refractivity contribution in [2.75, 3.05) is 12.0 Å². The number of aliphatic carboxylic acids is 1. The molecule has 1 aliphatic carbocycles. The molecular formula is C14H21NO4S. The summed E-state index contributed by atoms with van der Waals surface area (Å²) in [5.74, 6) is -1.09. The maximum absolute atomic E-state index is 12.4. The molecule has 1 saturated heterocycles. The van der Waals surface area contributed by atoms with E-state index in [1.54, 1.807) is 0 Å². The molecule has 0 radical (unpaired) electrons. The van der Waals surface area contributed by atoms with E-state index in [1.807, 2.05) is 6.26 Å². The normalized spacial score (nSPS) is 30.7. The monoisotopic (exact) mass is 299 g/mol. The average molecular weight is 299 g/mol. The molecule has 0 bridgehead atoms. The highest BCUT2D eigenvalue weighted by Crippen LogP contribution is 2.45. The zero-order chi connectivity index (χ0) is 14.9. The summed E-state index contributed by atoms with van der Waals surface area (Å²) >= 11 is 1.52. The zero-order valence-electron chi connectivity index (χ0n) is 11.9. The topological polar surface area (TPSA) is 74.7 Å². The van der Waals surface area contributed by atoms with Crippen LogP contribution in [0.3, 0.4) is 0 Å². The maximum Gasteiger partial charge on any atom is 0.326 e. The number of carboxylic acids is 1. The van der Waals surface area contributed by atoms with Crippen molar-refractivity contribution in [2.45, 2.75) is 38.6 Å². The van der Waals surface area contributed by atoms with Gasteiger partial charge in [0, 0.05) is 0 Å². The van der Waals surface area contributed by atoms with Crippen molar-refractivity contribution in [3.63, 3.8) is 0 Å². The fraction of sp³-hybridized carbons (Fsp3) is 0.786. The van der Waals surface area contributed by atoms with Crippen molar-refractivity contribution in [3.05, 3.63) is 0 Å². The summed E-state index contributed by atoms with van der Waals surface area (Å²) in [5.41, 5.74) is 0. The second-order valence-corrected chi connectivity index (χ2v) is 6.63. The van der Waals surface area contributed by atoms with Gasteiger partial charge in [0.1, 0.15) is 6.04 Å². The summed E-state index contributed by atoms with van der Waals surface area (Å²) in [6.07, 6.45) is 4.65. The Morgan fingerprint density at radius 1 is 1.35 bits per heavy atom. The first kappa shape index (κ1) is 15.4. The van der Waals surface area contributed by atoms with Gasteiger partial charge < -0.3 is 5.11 Å². The van der Waals surface area contributed by atoms with Gasteiger partial charge in [-0.05, 0) is 37.2 Å². The van der Waals surface area contributed by atoms with Gasteiger partial charge in [0.15, 0.2) is 0 Å². The molecule has 1 saturated carbocycles. The molecule has 2 fully saturated rings. The van der Waals surface area contributed by atoms with Crippen LogP contribution in [0.5, 0.6) is 0 Å². The lowest BCUT2D eigenvalue weighted by molar-refractivity contribution is -0.155. The van der Waals surface area contributed by atoms with E-state index in [-0.39, 0.29) is 23.7 Å². The summed E-state index contributed by atoms with van der Waals surface area (Å²) in [5, 5.41) is 9.30. The molecule has 0 spiro atoms. The van der Waals surface area contributed by atoms with Crippen molar-refractivity contribution in [2.24, 2.45) is 17.8 Å². The number of carbonyl (C=O) groups is 3. The van der Waals surface area contributed by atoms with E-state index < -0.39 is 12.0 Å². The molecule has 2 rings (SSSR count). The average Bonchev–Trinajstić information content (AvgIpc) is 2.93. The molecule has 1 heterocycles. The lowest BCUT2D eigenvalue weighted by Gasteiger charge is -2.24. The second-order valence-electron chi connectivity index (χ2n) is 5.64. The predicted molar refractivity (Wildman–Crippen MR) is 76.3 cm³/mol. The van der Waals surface area contributed by atoms with Gasteiger partial charge in [0.25, 0.3) is 0 Å². The third-order valence-electron chi connectivity index (χ3n) is 4.54. The Bertz CT molecular complexity index is 401. The number of carboxylic acid groups (broad SMARTS) is 1. The SMILES string of the molecule is CCC1CC2C(=O)N(C(CCSC)C(=O)O)C(=O)C2C1. The number of rotatable bonds is 6. The van der Waals surface area contributed by atoms with Crippen LogP contribution < -0.4 is 0 Å². The number of thioether (sulfide) groups is 1. The summed E-state index contributed by atoms with van der Waals surface area (Å²) in [6.45, 7) is 2.07. The van der Waals surface area contributed by atoms with Crippen LogP contribution in [-0.4, -0.2) is 45.8 Å². The van der Waals surface area contributed by atoms with E-state index in [1.165, 1.54) is 11.8 Å². The van der Waals surface area contributed by atoms with Gasteiger partial charge in [-0.3, -0.25) is 14.5 Å². The summed E-state index contributed by atoms with van der Waals surface area (Å²) < 4.78 is 0. The third kappa shape index (κ3) is 2.57. The molecular weight excluding hydrogens is 278 g/mol. The molecule has 3 atom stereocenters. The molecule has 0 aromatic heterocycles. The molecule has 1 N–H and O–H groups in total. The number of fused-ring (bicyclic) bond motifs is 1. The first-order valence-corrected chi connectivity index (χ1v) is 8.49. The minimum Gasteiger partial charge on any atom is -0.480 e. The molecule has 3 unspecified atom stereocenters. The second kappa shape index (κ2) is 6.16. The smallest absolute Gasteiger partial charge is 0.326 e. The van der Waals surface area contributed by atoms with Gasteiger partial charge in [-0.1, -0.05) is 13.3 Å². The number of carbonyl (C=O) groups excluding carboxylic acids is 2. The van der Waals surface area contributed by atoms with Gasteiger partial charge >= 0.3 is 5.97 Å². The number of hydrogen-bond acceptors (Lipinski definition) is 4. The van der Waals surface area contributed by atoms with Gasteiger partial charge in [-0.2, -0.15) is 11.8 Å². The Morgan fingerprint density at radius 3 is 2.30 bits per heavy atom. The minimum atomic E-state index is -1.08. The van der Waals surface area contributed by atoms with Crippen LogP contribution >= 0.6 is 11.8 Å². The minimum absolute atomic E-state index is 0.260. The number of hydrogen-bond donors (Lipinski definition) is 1. The molecule has 2 aliphatic rings. The Hall–Kier alpha value is -1.04. The van der Waals surface area contributed by atoms with Crippen molar-refractivity contribution in [1.82, 2.24) is 4.90 Å². The fourth-order valence-electron chi connectivity index (χ4n) is 3.39. The zero-order valence-corrected chi connectivity index (χ0v) is 12.7. The molecule has 0 aromatic rings. The van der Waals surface area contributed by atoms with Crippen LogP contribution in [0, 0.1) is 17.8 Å². The maximum atomic E-state index is 12.4. The van der Waals surface area contributed by atoms with E-state index in [0.29, 0.717) is 18.1 Å². The Balaban J connectivity index is 2.16. The highest BCUT2D eigenvalue weighted by atomic mass is 32.2. The summed E-state index contributed by atoms with van der Waals surface area (Å²) in [4.78, 5) is 37.2. The largest absolute Gasteiger partial charge is 0.480 e.